The van der Waals surface area contributed by atoms with Crippen LogP contribution in [0, 0.1) is 0 Å². The summed E-state index contributed by atoms with van der Waals surface area (Å²) in [4.78, 5) is 24.0. The van der Waals surface area contributed by atoms with Gasteiger partial charge in [-0.2, -0.15) is 0 Å². The summed E-state index contributed by atoms with van der Waals surface area (Å²) in [5, 5.41) is 5.15. The molecule has 0 saturated carbocycles. The Morgan fingerprint density at radius 1 is 0.733 bits per heavy atom. The smallest absolute Gasteiger partial charge is 0.744 e. The van der Waals surface area contributed by atoms with E-state index >= 15 is 0 Å². The Morgan fingerprint density at radius 3 is 1.93 bits per heavy atom. The first-order chi connectivity index (χ1) is 13.0. The molecule has 2 N–H and O–H groups in total. The summed E-state index contributed by atoms with van der Waals surface area (Å²) in [6.45, 7) is 0. The summed E-state index contributed by atoms with van der Waals surface area (Å²) in [5.74, 6) is -1.49. The molecule has 0 amide bonds. The molecule has 2 heterocycles. The number of rotatable bonds is 2. The van der Waals surface area contributed by atoms with Crippen molar-refractivity contribution < 1.29 is 94.6 Å². The molecule has 0 fully saturated rings. The van der Waals surface area contributed by atoms with Gasteiger partial charge in [0, 0.05) is 11.1 Å². The Hall–Kier alpha value is -1.06. The van der Waals surface area contributed by atoms with Crippen molar-refractivity contribution in [3.05, 3.63) is 58.9 Å². The number of hydrogen-bond acceptors (Lipinski definition) is 10. The van der Waals surface area contributed by atoms with Crippen LogP contribution in [0.4, 0.5) is 11.4 Å². The Kier molecular flexibility index (Phi) is 7.11. The van der Waals surface area contributed by atoms with Gasteiger partial charge in [-0.15, -0.1) is 0 Å². The zero-order valence-electron chi connectivity index (χ0n) is 15.5. The summed E-state index contributed by atoms with van der Waals surface area (Å²) in [6.07, 6.45) is 0. The summed E-state index contributed by atoms with van der Waals surface area (Å²) in [7, 11) is -9.67. The number of hydrogen-bond donors (Lipinski definition) is 2. The molecule has 14 heteroatoms. The van der Waals surface area contributed by atoms with E-state index in [4.69, 9.17) is 0 Å². The Balaban J connectivity index is 0.00000160. The maximum Gasteiger partial charge on any atom is 1.00 e. The van der Waals surface area contributed by atoms with Crippen molar-refractivity contribution in [2.45, 2.75) is 9.79 Å². The first-order valence-corrected chi connectivity index (χ1v) is 10.4. The van der Waals surface area contributed by atoms with Crippen molar-refractivity contribution in [3.63, 3.8) is 0 Å². The van der Waals surface area contributed by atoms with Gasteiger partial charge < -0.3 is 19.7 Å². The van der Waals surface area contributed by atoms with Crippen LogP contribution in [0.25, 0.3) is 0 Å². The van der Waals surface area contributed by atoms with Crippen molar-refractivity contribution >= 4 is 43.2 Å². The maximum absolute atomic E-state index is 12.7. The van der Waals surface area contributed by atoms with Gasteiger partial charge in [-0.1, -0.05) is 6.07 Å². The molecular formula is C16H8N2Na2O8S2. The minimum Gasteiger partial charge on any atom is -0.744 e. The summed E-state index contributed by atoms with van der Waals surface area (Å²) in [5.41, 5.74) is -0.861. The molecule has 2 aromatic rings. The van der Waals surface area contributed by atoms with E-state index in [9.17, 15) is 35.5 Å². The quantitative estimate of drug-likeness (QED) is 0.247. The first kappa shape index (κ1) is 25.2. The second-order valence-electron chi connectivity index (χ2n) is 5.95. The van der Waals surface area contributed by atoms with Crippen molar-refractivity contribution in [1.29, 1.82) is 0 Å². The van der Waals surface area contributed by atoms with Crippen LogP contribution in [0.1, 0.15) is 20.7 Å². The third-order valence-electron chi connectivity index (χ3n) is 4.28. The number of carbonyl (C=O) groups excluding carboxylic acids is 2. The van der Waals surface area contributed by atoms with Crippen LogP contribution in [-0.4, -0.2) is 37.5 Å². The van der Waals surface area contributed by atoms with Gasteiger partial charge in [-0.25, -0.2) is 16.8 Å². The normalized spacial score (nSPS) is 17.3. The van der Waals surface area contributed by atoms with E-state index in [0.717, 1.165) is 18.2 Å². The second-order valence-corrected chi connectivity index (χ2v) is 8.68. The Bertz CT molecular complexity index is 1350. The summed E-state index contributed by atoms with van der Waals surface area (Å²) < 4.78 is 67.7. The average Bonchev–Trinajstić information content (AvgIpc) is 3.10. The van der Waals surface area contributed by atoms with Crippen molar-refractivity contribution in [1.82, 2.24) is 0 Å². The number of Topliss-reactive ketones (excluding diaryl/α,β-unsaturated/α-hetero) is 2. The number of carbonyl (C=O) groups is 2. The number of fused-ring (bicyclic) bond motifs is 2. The predicted octanol–water partition coefficient (Wildman–Crippen LogP) is -5.37. The fraction of sp³-hybridized carbons (Fsp3) is 0. The van der Waals surface area contributed by atoms with Crippen LogP contribution >= 0.6 is 0 Å². The molecule has 0 unspecified atom stereocenters. The molecule has 4 rings (SSSR count). The summed E-state index contributed by atoms with van der Waals surface area (Å²) in [6, 6.07) is 6.64. The SMILES string of the molecule is O=C1/C(=C2\Nc3c(cccc3S(=O)(=O)[O-])C2=O)Nc2ccc(S(=O)(=O)[O-])cc21.[Na+].[Na+]. The molecule has 2 aromatic carbocycles. The molecule has 0 spiro atoms. The van der Waals surface area contributed by atoms with Crippen LogP contribution in [0.2, 0.25) is 0 Å². The van der Waals surface area contributed by atoms with Crippen molar-refractivity contribution in [2.24, 2.45) is 0 Å². The third-order valence-corrected chi connectivity index (χ3v) is 5.99. The number of allylic oxidation sites excluding steroid dienone is 2. The monoisotopic (exact) mass is 466 g/mol. The van der Waals surface area contributed by atoms with E-state index in [1.165, 1.54) is 18.2 Å². The first-order valence-electron chi connectivity index (χ1n) is 7.55. The second kappa shape index (κ2) is 8.47. The predicted molar refractivity (Wildman–Crippen MR) is 91.7 cm³/mol. The number of anilines is 2. The zero-order valence-corrected chi connectivity index (χ0v) is 21.2. The maximum atomic E-state index is 12.7. The molecule has 144 valence electrons. The van der Waals surface area contributed by atoms with Crippen molar-refractivity contribution in [2.75, 3.05) is 10.6 Å². The van der Waals surface area contributed by atoms with Gasteiger partial charge in [0.1, 0.15) is 31.6 Å². The molecule has 2 aliphatic heterocycles. The van der Waals surface area contributed by atoms with Gasteiger partial charge >= 0.3 is 59.1 Å². The van der Waals surface area contributed by atoms with Crippen LogP contribution in [0.3, 0.4) is 0 Å². The van der Waals surface area contributed by atoms with Gasteiger partial charge in [-0.3, -0.25) is 9.59 Å². The zero-order chi connectivity index (χ0) is 20.4. The minimum absolute atomic E-state index is 0. The van der Waals surface area contributed by atoms with Gasteiger partial charge in [0.25, 0.3) is 0 Å². The van der Waals surface area contributed by atoms with Gasteiger partial charge in [0.15, 0.2) is 0 Å². The Morgan fingerprint density at radius 2 is 1.33 bits per heavy atom. The van der Waals surface area contributed by atoms with Gasteiger partial charge in [-0.05, 0) is 30.3 Å². The molecule has 2 aliphatic rings. The molecule has 30 heavy (non-hydrogen) atoms. The van der Waals surface area contributed by atoms with Crippen LogP contribution < -0.4 is 69.7 Å². The summed E-state index contributed by atoms with van der Waals surface area (Å²) >= 11 is 0. The molecule has 0 aromatic heterocycles. The number of benzene rings is 2. The fourth-order valence-corrected chi connectivity index (χ4v) is 4.18. The Labute approximate surface area is 215 Å². The van der Waals surface area contributed by atoms with Crippen LogP contribution in [0.15, 0.2) is 57.6 Å². The van der Waals surface area contributed by atoms with E-state index in [0.29, 0.717) is 0 Å². The average molecular weight is 466 g/mol. The van der Waals surface area contributed by atoms with E-state index < -0.39 is 41.6 Å². The molecule has 0 radical (unpaired) electrons. The molecule has 0 aliphatic carbocycles. The standard InChI is InChI=1S/C16H10N2O8S2.2Na/c19-15-8-2-1-3-11(28(24,25)26)12(8)18-14(15)13-16(20)9-6-7(27(21,22)23)4-5-10(9)17-13;;/h1-6,17-18H,(H,21,22,23)(H,24,25,26);;/q;2*+1/p-2/b14-13+;;. The van der Waals surface area contributed by atoms with Gasteiger partial charge in [0.2, 0.25) is 11.6 Å². The number of ketones is 2. The molecular weight excluding hydrogens is 458 g/mol. The molecule has 10 nitrogen and oxygen atoms in total. The fourth-order valence-electron chi connectivity index (χ4n) is 3.03. The van der Waals surface area contributed by atoms with E-state index in [1.54, 1.807) is 0 Å². The molecule has 0 bridgehead atoms. The minimum atomic E-state index is -4.88. The largest absolute Gasteiger partial charge is 1.00 e. The molecule has 0 atom stereocenters. The number of para-hydroxylation sites is 1. The van der Waals surface area contributed by atoms with Gasteiger partial charge in [0.05, 0.1) is 21.2 Å². The number of nitrogens with one attached hydrogen (secondary N) is 2. The van der Waals surface area contributed by atoms with E-state index in [-0.39, 0.29) is 93.0 Å². The van der Waals surface area contributed by atoms with Crippen molar-refractivity contribution in [3.8, 4) is 0 Å². The van der Waals surface area contributed by atoms with E-state index in [1.807, 2.05) is 0 Å². The topological polar surface area (TPSA) is 173 Å². The van der Waals surface area contributed by atoms with Crippen LogP contribution in [-0.2, 0) is 20.2 Å². The van der Waals surface area contributed by atoms with E-state index in [2.05, 4.69) is 10.6 Å². The van der Waals surface area contributed by atoms with Crippen LogP contribution in [0.5, 0.6) is 0 Å². The molecule has 0 saturated heterocycles. The third kappa shape index (κ3) is 4.17.